The van der Waals surface area contributed by atoms with E-state index in [-0.39, 0.29) is 23.4 Å². The lowest BCUT2D eigenvalue weighted by Gasteiger charge is -2.32. The van der Waals surface area contributed by atoms with E-state index < -0.39 is 28.5 Å². The first-order chi connectivity index (χ1) is 19.4. The average Bonchev–Trinajstić information content (AvgIpc) is 2.94. The van der Waals surface area contributed by atoms with Crippen molar-refractivity contribution in [2.45, 2.75) is 57.6 Å². The van der Waals surface area contributed by atoms with E-state index in [1.807, 2.05) is 20.8 Å². The summed E-state index contributed by atoms with van der Waals surface area (Å²) in [5.41, 5.74) is 1.95. The summed E-state index contributed by atoms with van der Waals surface area (Å²) < 4.78 is 34.8. The second-order valence-electron chi connectivity index (χ2n) is 9.79. The summed E-state index contributed by atoms with van der Waals surface area (Å²) in [5, 5.41) is 3.41. The Kier molecular flexibility index (Phi) is 11.2. The second-order valence-corrected chi connectivity index (χ2v) is 12.9. The number of hydrogen-bond acceptors (Lipinski definition) is 5. The van der Waals surface area contributed by atoms with Gasteiger partial charge in [0.05, 0.1) is 22.2 Å². The normalized spacial score (nSPS) is 12.8. The van der Waals surface area contributed by atoms with Gasteiger partial charge in [0.2, 0.25) is 11.8 Å². The largest absolute Gasteiger partial charge is 0.496 e. The van der Waals surface area contributed by atoms with Crippen molar-refractivity contribution >= 4 is 55.1 Å². The van der Waals surface area contributed by atoms with Gasteiger partial charge in [-0.3, -0.25) is 13.9 Å². The topological polar surface area (TPSA) is 96.0 Å². The zero-order valence-corrected chi connectivity index (χ0v) is 26.9. The van der Waals surface area contributed by atoms with E-state index in [0.29, 0.717) is 26.5 Å². The third-order valence-corrected chi connectivity index (χ3v) is 9.35. The second kappa shape index (κ2) is 14.2. The Labute approximate surface area is 255 Å². The maximum Gasteiger partial charge on any atom is 0.264 e. The van der Waals surface area contributed by atoms with Crippen molar-refractivity contribution in [1.29, 1.82) is 0 Å². The van der Waals surface area contributed by atoms with Gasteiger partial charge in [0.1, 0.15) is 18.3 Å². The molecule has 3 rings (SSSR count). The van der Waals surface area contributed by atoms with Gasteiger partial charge >= 0.3 is 0 Å². The molecule has 220 valence electrons. The number of sulfonamides is 1. The monoisotopic (exact) mass is 663 g/mol. The fraction of sp³-hybridized carbons (Fsp3) is 0.333. The van der Waals surface area contributed by atoms with Crippen molar-refractivity contribution in [3.05, 3.63) is 87.4 Å². The molecule has 0 aliphatic rings. The van der Waals surface area contributed by atoms with Crippen LogP contribution in [0.25, 0.3) is 0 Å². The van der Waals surface area contributed by atoms with E-state index in [4.69, 9.17) is 16.3 Å². The number of nitrogens with zero attached hydrogens (tertiary/aromatic N) is 2. The molecule has 0 fully saturated rings. The summed E-state index contributed by atoms with van der Waals surface area (Å²) in [6.45, 7) is 6.88. The first-order valence-corrected chi connectivity index (χ1v) is 15.8. The van der Waals surface area contributed by atoms with Gasteiger partial charge in [-0.1, -0.05) is 48.4 Å². The molecule has 0 radical (unpaired) electrons. The molecule has 3 aromatic carbocycles. The summed E-state index contributed by atoms with van der Waals surface area (Å²) >= 11 is 9.55. The fourth-order valence-corrected chi connectivity index (χ4v) is 6.40. The van der Waals surface area contributed by atoms with E-state index in [2.05, 4.69) is 21.2 Å². The van der Waals surface area contributed by atoms with Gasteiger partial charge in [-0.05, 0) is 91.1 Å². The minimum atomic E-state index is -4.21. The van der Waals surface area contributed by atoms with Crippen LogP contribution >= 0.6 is 27.5 Å². The number of amides is 2. The predicted molar refractivity (Wildman–Crippen MR) is 166 cm³/mol. The molecule has 1 N–H and O–H groups in total. The molecule has 8 nitrogen and oxygen atoms in total. The van der Waals surface area contributed by atoms with Gasteiger partial charge in [-0.15, -0.1) is 0 Å². The third kappa shape index (κ3) is 8.24. The lowest BCUT2D eigenvalue weighted by molar-refractivity contribution is -0.139. The first-order valence-electron chi connectivity index (χ1n) is 13.1. The number of halogens is 2. The summed E-state index contributed by atoms with van der Waals surface area (Å²) in [6, 6.07) is 17.3. The highest BCUT2D eigenvalue weighted by Gasteiger charge is 2.33. The number of benzene rings is 3. The molecule has 0 saturated carbocycles. The molecule has 0 bridgehead atoms. The Morgan fingerprint density at radius 2 is 1.73 bits per heavy atom. The summed E-state index contributed by atoms with van der Waals surface area (Å²) in [7, 11) is -2.73. The van der Waals surface area contributed by atoms with Crippen molar-refractivity contribution in [2.24, 2.45) is 0 Å². The van der Waals surface area contributed by atoms with Crippen molar-refractivity contribution in [2.75, 3.05) is 18.0 Å². The Morgan fingerprint density at radius 1 is 1.05 bits per heavy atom. The van der Waals surface area contributed by atoms with Crippen LogP contribution in [0.2, 0.25) is 5.02 Å². The van der Waals surface area contributed by atoms with Crippen molar-refractivity contribution in [3.8, 4) is 5.75 Å². The Hall–Kier alpha value is -3.08. The number of hydrogen-bond donors (Lipinski definition) is 1. The number of aryl methyl sites for hydroxylation is 1. The highest BCUT2D eigenvalue weighted by atomic mass is 79.9. The number of carbonyl (C=O) groups is 2. The van der Waals surface area contributed by atoms with Crippen LogP contribution in [0.3, 0.4) is 0 Å². The third-order valence-electron chi connectivity index (χ3n) is 6.72. The number of rotatable bonds is 12. The molecule has 0 saturated heterocycles. The van der Waals surface area contributed by atoms with Crippen LogP contribution in [0.1, 0.15) is 38.3 Å². The summed E-state index contributed by atoms with van der Waals surface area (Å²) in [4.78, 5) is 28.5. The van der Waals surface area contributed by atoms with Crippen molar-refractivity contribution < 1.29 is 22.7 Å². The molecule has 2 atom stereocenters. The van der Waals surface area contributed by atoms with Crippen LogP contribution < -0.4 is 14.4 Å². The van der Waals surface area contributed by atoms with Crippen LogP contribution in [-0.2, 0) is 26.2 Å². The maximum atomic E-state index is 14.0. The van der Waals surface area contributed by atoms with Gasteiger partial charge in [0.25, 0.3) is 10.0 Å². The average molecular weight is 665 g/mol. The quantitative estimate of drug-likeness (QED) is 0.258. The van der Waals surface area contributed by atoms with E-state index >= 15 is 0 Å². The zero-order valence-electron chi connectivity index (χ0n) is 23.7. The smallest absolute Gasteiger partial charge is 0.264 e. The molecule has 3 aromatic rings. The molecule has 41 heavy (non-hydrogen) atoms. The standard InChI is InChI=1S/C30H35BrClN3O5S/c1-6-21(3)33-30(37)22(4)34(18-23-8-7-9-24(32)16-23)29(36)19-35(25-12-10-20(2)11-13-25)41(38,39)26-14-15-28(40-5)27(31)17-26/h7-17,21-22H,6,18-19H2,1-5H3,(H,33,37)/t21-,22+/m0/s1. The minimum absolute atomic E-state index is 0.0255. The SMILES string of the molecule is CC[C@H](C)NC(=O)[C@@H](C)N(Cc1cccc(Cl)c1)C(=O)CN(c1ccc(C)cc1)S(=O)(=O)c1ccc(OC)c(Br)c1. The highest BCUT2D eigenvalue weighted by molar-refractivity contribution is 9.10. The van der Waals surface area contributed by atoms with E-state index in [9.17, 15) is 18.0 Å². The maximum absolute atomic E-state index is 14.0. The molecule has 2 amide bonds. The van der Waals surface area contributed by atoms with E-state index in [0.717, 1.165) is 16.3 Å². The zero-order chi connectivity index (χ0) is 30.3. The van der Waals surface area contributed by atoms with Crippen LogP contribution in [-0.4, -0.2) is 50.9 Å². The number of ether oxygens (including phenoxy) is 1. The minimum Gasteiger partial charge on any atom is -0.496 e. The summed E-state index contributed by atoms with van der Waals surface area (Å²) in [5.74, 6) is -0.414. The molecular formula is C30H35BrClN3O5S. The van der Waals surface area contributed by atoms with E-state index in [1.54, 1.807) is 61.5 Å². The number of methoxy groups -OCH3 is 1. The molecular weight excluding hydrogens is 630 g/mol. The molecule has 0 spiro atoms. The van der Waals surface area contributed by atoms with Gasteiger partial charge in [-0.2, -0.15) is 0 Å². The number of carbonyl (C=O) groups excluding carboxylic acids is 2. The van der Waals surface area contributed by atoms with Gasteiger partial charge in [0, 0.05) is 17.6 Å². The molecule has 11 heteroatoms. The van der Waals surface area contributed by atoms with Crippen LogP contribution in [0.4, 0.5) is 5.69 Å². The fourth-order valence-electron chi connectivity index (χ4n) is 4.05. The highest BCUT2D eigenvalue weighted by Crippen LogP contribution is 2.31. The Morgan fingerprint density at radius 3 is 2.32 bits per heavy atom. The van der Waals surface area contributed by atoms with Crippen LogP contribution in [0.15, 0.2) is 76.1 Å². The van der Waals surface area contributed by atoms with Crippen LogP contribution in [0, 0.1) is 6.92 Å². The molecule has 0 aliphatic heterocycles. The van der Waals surface area contributed by atoms with Crippen LogP contribution in [0.5, 0.6) is 5.75 Å². The van der Waals surface area contributed by atoms with Crippen molar-refractivity contribution in [1.82, 2.24) is 10.2 Å². The number of anilines is 1. The summed E-state index contributed by atoms with van der Waals surface area (Å²) in [6.07, 6.45) is 0.720. The molecule has 0 heterocycles. The van der Waals surface area contributed by atoms with Gasteiger partial charge in [-0.25, -0.2) is 8.42 Å². The molecule has 0 aromatic heterocycles. The number of nitrogens with one attached hydrogen (secondary N) is 1. The lowest BCUT2D eigenvalue weighted by atomic mass is 10.1. The first kappa shape index (κ1) is 32.4. The molecule has 0 unspecified atom stereocenters. The predicted octanol–water partition coefficient (Wildman–Crippen LogP) is 5.95. The van der Waals surface area contributed by atoms with Crippen molar-refractivity contribution in [3.63, 3.8) is 0 Å². The lowest BCUT2D eigenvalue weighted by Crippen LogP contribution is -2.52. The Bertz CT molecular complexity index is 1480. The Balaban J connectivity index is 2.05. The van der Waals surface area contributed by atoms with E-state index in [1.165, 1.54) is 24.1 Å². The molecule has 0 aliphatic carbocycles. The van der Waals surface area contributed by atoms with Gasteiger partial charge < -0.3 is 15.0 Å². The van der Waals surface area contributed by atoms with Gasteiger partial charge in [0.15, 0.2) is 0 Å².